The number of ether oxygens (including phenoxy) is 1. The summed E-state index contributed by atoms with van der Waals surface area (Å²) >= 11 is 0. The molecule has 3 aromatic carbocycles. The number of fused-ring (bicyclic) bond motifs is 1. The van der Waals surface area contributed by atoms with E-state index in [4.69, 9.17) is 4.74 Å². The Morgan fingerprint density at radius 3 is 2.36 bits per heavy atom. The number of aliphatic hydroxyl groups is 1. The van der Waals surface area contributed by atoms with Crippen LogP contribution in [-0.4, -0.2) is 74.2 Å². The van der Waals surface area contributed by atoms with Gasteiger partial charge in [0.2, 0.25) is 0 Å². The van der Waals surface area contributed by atoms with Crippen molar-refractivity contribution in [3.8, 4) is 5.75 Å². The number of anilines is 2. The maximum absolute atomic E-state index is 13.7. The maximum atomic E-state index is 13.7. The molecule has 45 heavy (non-hydrogen) atoms. The number of urea groups is 1. The number of amides is 3. The van der Waals surface area contributed by atoms with Crippen LogP contribution in [0.3, 0.4) is 0 Å². The number of hydrogen-bond donors (Lipinski definition) is 3. The van der Waals surface area contributed by atoms with E-state index in [1.54, 1.807) is 26.0 Å². The highest BCUT2D eigenvalue weighted by Crippen LogP contribution is 2.36. The number of alkyl halides is 3. The fourth-order valence-electron chi connectivity index (χ4n) is 4.78. The lowest BCUT2D eigenvalue weighted by molar-refractivity contribution is -0.137. The minimum atomic E-state index is -4.52. The molecule has 0 spiro atoms. The van der Waals surface area contributed by atoms with E-state index in [-0.39, 0.29) is 47.3 Å². The number of benzene rings is 3. The van der Waals surface area contributed by atoms with Gasteiger partial charge in [0.25, 0.3) is 15.9 Å². The van der Waals surface area contributed by atoms with Crippen LogP contribution in [0.5, 0.6) is 5.75 Å². The third kappa shape index (κ3) is 7.87. The fraction of sp³-hybridized carbons (Fsp3) is 0.355. The normalized spacial score (nSPS) is 17.8. The van der Waals surface area contributed by atoms with Crippen LogP contribution >= 0.6 is 0 Å². The van der Waals surface area contributed by atoms with Gasteiger partial charge in [-0.15, -0.1) is 0 Å². The zero-order valence-corrected chi connectivity index (χ0v) is 25.9. The predicted octanol–water partition coefficient (Wildman–Crippen LogP) is 5.20. The Morgan fingerprint density at radius 1 is 1.11 bits per heavy atom. The Balaban J connectivity index is 1.64. The number of likely N-dealkylation sites (N-methyl/N-ethyl adjacent to an activating group) is 1. The number of nitrogens with one attached hydrogen (secondary N) is 2. The van der Waals surface area contributed by atoms with Gasteiger partial charge in [-0.25, -0.2) is 13.2 Å². The molecule has 0 unspecified atom stereocenters. The Kier molecular flexibility index (Phi) is 9.98. The maximum Gasteiger partial charge on any atom is 0.416 e. The summed E-state index contributed by atoms with van der Waals surface area (Å²) in [5.74, 6) is -0.928. The minimum absolute atomic E-state index is 0.00277. The van der Waals surface area contributed by atoms with Crippen LogP contribution < -0.4 is 14.8 Å². The van der Waals surface area contributed by atoms with Gasteiger partial charge >= 0.3 is 12.2 Å². The van der Waals surface area contributed by atoms with E-state index in [1.165, 1.54) is 47.2 Å². The number of carbonyl (C=O) groups is 2. The average Bonchev–Trinajstić information content (AvgIpc) is 2.98. The summed E-state index contributed by atoms with van der Waals surface area (Å²) in [5.41, 5.74) is 0.240. The van der Waals surface area contributed by atoms with Gasteiger partial charge in [-0.1, -0.05) is 30.7 Å². The van der Waals surface area contributed by atoms with Gasteiger partial charge in [0, 0.05) is 25.2 Å². The zero-order valence-electron chi connectivity index (χ0n) is 25.1. The quantitative estimate of drug-likeness (QED) is 0.308. The molecule has 0 bridgehead atoms. The number of rotatable bonds is 8. The molecular formula is C31H35F3N4O6S. The lowest BCUT2D eigenvalue weighted by atomic mass is 9.99. The molecule has 0 radical (unpaired) electrons. The molecule has 3 aromatic rings. The first-order valence-electron chi connectivity index (χ1n) is 14.1. The number of carbonyl (C=O) groups excluding carboxylic acids is 2. The van der Waals surface area contributed by atoms with Gasteiger partial charge in [0.05, 0.1) is 40.9 Å². The molecule has 0 aliphatic carbocycles. The number of nitrogens with zero attached hydrogens (tertiary/aromatic N) is 2. The lowest BCUT2D eigenvalue weighted by Gasteiger charge is -2.38. The molecule has 0 aromatic heterocycles. The number of halogens is 3. The SMILES string of the molecule is Cc1ccc(S(=O)(=O)Nc2cccc3c2O[C@@H](CN(C)C(=O)Nc2ccc(C(F)(F)F)cc2)[C@H](C)CN([C@H](C)CO)C3=O)cc1. The highest BCUT2D eigenvalue weighted by Gasteiger charge is 2.36. The number of para-hydroxylation sites is 1. The summed E-state index contributed by atoms with van der Waals surface area (Å²) in [6.45, 7) is 5.08. The van der Waals surface area contributed by atoms with Crippen LogP contribution in [0, 0.1) is 12.8 Å². The topological polar surface area (TPSA) is 128 Å². The van der Waals surface area contributed by atoms with Crippen molar-refractivity contribution in [2.45, 2.75) is 44.0 Å². The number of hydrogen-bond acceptors (Lipinski definition) is 6. The molecule has 3 N–H and O–H groups in total. The summed E-state index contributed by atoms with van der Waals surface area (Å²) in [6, 6.07) is 13.5. The molecule has 0 saturated carbocycles. The first-order valence-corrected chi connectivity index (χ1v) is 15.6. The summed E-state index contributed by atoms with van der Waals surface area (Å²) in [4.78, 5) is 29.5. The Bertz CT molecular complexity index is 1630. The van der Waals surface area contributed by atoms with Gasteiger partial charge in [0.1, 0.15) is 6.10 Å². The van der Waals surface area contributed by atoms with Crippen molar-refractivity contribution in [1.82, 2.24) is 9.80 Å². The van der Waals surface area contributed by atoms with Gasteiger partial charge in [-0.2, -0.15) is 13.2 Å². The van der Waals surface area contributed by atoms with Crippen molar-refractivity contribution < 1.29 is 41.0 Å². The van der Waals surface area contributed by atoms with E-state index in [0.29, 0.717) is 0 Å². The molecule has 0 fully saturated rings. The van der Waals surface area contributed by atoms with Crippen LogP contribution in [-0.2, 0) is 16.2 Å². The van der Waals surface area contributed by atoms with E-state index < -0.39 is 51.8 Å². The minimum Gasteiger partial charge on any atom is -0.485 e. The summed E-state index contributed by atoms with van der Waals surface area (Å²) in [7, 11) is -2.62. The van der Waals surface area contributed by atoms with Gasteiger partial charge in [0.15, 0.2) is 5.75 Å². The Hall–Kier alpha value is -4.30. The summed E-state index contributed by atoms with van der Waals surface area (Å²) in [6.07, 6.45) is -5.30. The van der Waals surface area contributed by atoms with Gasteiger partial charge in [-0.05, 0) is 62.4 Å². The number of aryl methyl sites for hydroxylation is 1. The third-order valence-corrected chi connectivity index (χ3v) is 8.91. The van der Waals surface area contributed by atoms with Crippen molar-refractivity contribution in [2.24, 2.45) is 5.92 Å². The van der Waals surface area contributed by atoms with E-state index in [9.17, 15) is 36.3 Å². The average molecular weight is 649 g/mol. The van der Waals surface area contributed by atoms with Gasteiger partial charge < -0.3 is 25.0 Å². The second-order valence-corrected chi connectivity index (χ2v) is 12.8. The van der Waals surface area contributed by atoms with Crippen LogP contribution in [0.25, 0.3) is 0 Å². The Morgan fingerprint density at radius 2 is 1.76 bits per heavy atom. The van der Waals surface area contributed by atoms with E-state index in [1.807, 2.05) is 6.92 Å². The first-order chi connectivity index (χ1) is 21.1. The molecule has 3 atom stereocenters. The van der Waals surface area contributed by atoms with Crippen molar-refractivity contribution in [1.29, 1.82) is 0 Å². The summed E-state index contributed by atoms with van der Waals surface area (Å²) in [5, 5.41) is 12.5. The molecule has 4 rings (SSSR count). The Labute approximate surface area is 259 Å². The predicted molar refractivity (Wildman–Crippen MR) is 163 cm³/mol. The van der Waals surface area contributed by atoms with Crippen molar-refractivity contribution in [3.05, 3.63) is 83.4 Å². The third-order valence-electron chi connectivity index (χ3n) is 7.53. The lowest BCUT2D eigenvalue weighted by Crippen LogP contribution is -2.50. The molecule has 14 heteroatoms. The smallest absolute Gasteiger partial charge is 0.416 e. The molecule has 1 heterocycles. The van der Waals surface area contributed by atoms with Crippen LogP contribution in [0.1, 0.15) is 35.3 Å². The van der Waals surface area contributed by atoms with E-state index in [2.05, 4.69) is 10.0 Å². The number of aliphatic hydroxyl groups excluding tert-OH is 1. The zero-order chi connectivity index (χ0) is 33.1. The van der Waals surface area contributed by atoms with Gasteiger partial charge in [-0.3, -0.25) is 9.52 Å². The molecule has 3 amide bonds. The molecule has 1 aliphatic rings. The monoisotopic (exact) mass is 648 g/mol. The number of sulfonamides is 1. The highest BCUT2D eigenvalue weighted by molar-refractivity contribution is 7.92. The van der Waals surface area contributed by atoms with Crippen LogP contribution in [0.15, 0.2) is 71.6 Å². The van der Waals surface area contributed by atoms with E-state index >= 15 is 0 Å². The standard InChI is InChI=1S/C31H35F3N4O6S/c1-19-8-14-24(15-9-19)45(42,43)36-26-7-5-6-25-28(26)44-27(20(2)16-38(29(25)40)21(3)18-39)17-37(4)30(41)35-23-12-10-22(11-13-23)31(32,33)34/h5-15,20-21,27,36,39H,16-18H2,1-4H3,(H,35,41)/t20-,21-,27+/m1/s1. The molecular weight excluding hydrogens is 613 g/mol. The molecule has 0 saturated heterocycles. The second-order valence-electron chi connectivity index (χ2n) is 11.1. The van der Waals surface area contributed by atoms with Crippen molar-refractivity contribution >= 4 is 33.3 Å². The second kappa shape index (κ2) is 13.4. The molecule has 242 valence electrons. The fourth-order valence-corrected chi connectivity index (χ4v) is 5.84. The van der Waals surface area contributed by atoms with Crippen LogP contribution in [0.2, 0.25) is 0 Å². The van der Waals surface area contributed by atoms with Crippen LogP contribution in [0.4, 0.5) is 29.3 Å². The van der Waals surface area contributed by atoms with Crippen molar-refractivity contribution in [2.75, 3.05) is 36.8 Å². The summed E-state index contributed by atoms with van der Waals surface area (Å²) < 4.78 is 74.3. The molecule has 10 nitrogen and oxygen atoms in total. The first kappa shape index (κ1) is 33.6. The van der Waals surface area contributed by atoms with E-state index in [0.717, 1.165) is 29.8 Å². The van der Waals surface area contributed by atoms with Crippen molar-refractivity contribution in [3.63, 3.8) is 0 Å². The highest BCUT2D eigenvalue weighted by atomic mass is 32.2. The largest absolute Gasteiger partial charge is 0.485 e. The molecule has 1 aliphatic heterocycles.